The van der Waals surface area contributed by atoms with Gasteiger partial charge in [-0.15, -0.1) is 11.3 Å². The van der Waals surface area contributed by atoms with E-state index in [0.29, 0.717) is 0 Å². The topological polar surface area (TPSA) is 31.4 Å². The fraction of sp³-hybridized carbons (Fsp3) is 0.200. The molecule has 3 aromatic rings. The highest BCUT2D eigenvalue weighted by molar-refractivity contribution is 9.11. The Morgan fingerprint density at radius 1 is 1.11 bits per heavy atom. The molecule has 0 aliphatic carbocycles. The number of thiophene rings is 1. The lowest BCUT2D eigenvalue weighted by atomic mass is 10.0. The number of pyridine rings is 1. The first-order valence-corrected chi connectivity index (χ1v) is 10.6. The maximum atomic E-state index is 5.74. The van der Waals surface area contributed by atoms with E-state index in [1.165, 1.54) is 4.88 Å². The van der Waals surface area contributed by atoms with Crippen LogP contribution in [0.25, 0.3) is 0 Å². The Kier molecular flexibility index (Phi) is 5.16. The van der Waals surface area contributed by atoms with Crippen molar-refractivity contribution in [2.45, 2.75) is 12.1 Å². The predicted octanol–water partition coefficient (Wildman–Crippen LogP) is 5.15. The summed E-state index contributed by atoms with van der Waals surface area (Å²) in [4.78, 5) is 10.1. The minimum Gasteiger partial charge on any atom is -0.378 e. The van der Waals surface area contributed by atoms with Gasteiger partial charge >= 0.3 is 0 Å². The molecule has 1 aliphatic rings. The second-order valence-corrected chi connectivity index (χ2v) is 9.43. The third-order valence-corrected chi connectivity index (χ3v) is 6.64. The average molecular weight is 459 g/mol. The monoisotopic (exact) mass is 458 g/mol. The zero-order valence-electron chi connectivity index (χ0n) is 15.0. The van der Waals surface area contributed by atoms with Crippen LogP contribution in [0.5, 0.6) is 0 Å². The molecular formula is C20H19BrN4S2. The number of nitrogens with one attached hydrogen (secondary N) is 1. The van der Waals surface area contributed by atoms with Crippen LogP contribution in [0.2, 0.25) is 0 Å². The molecule has 1 saturated heterocycles. The second-order valence-electron chi connectivity index (χ2n) is 6.55. The molecule has 2 atom stereocenters. The molecule has 27 heavy (non-hydrogen) atoms. The molecule has 1 fully saturated rings. The Morgan fingerprint density at radius 3 is 2.48 bits per heavy atom. The van der Waals surface area contributed by atoms with E-state index in [0.717, 1.165) is 26.0 Å². The zero-order valence-corrected chi connectivity index (χ0v) is 18.2. The van der Waals surface area contributed by atoms with Crippen molar-refractivity contribution in [1.82, 2.24) is 10.3 Å². The Hall–Kier alpha value is -1.96. The molecule has 1 aliphatic heterocycles. The molecule has 3 heterocycles. The third kappa shape index (κ3) is 3.59. The van der Waals surface area contributed by atoms with E-state index in [9.17, 15) is 0 Å². The number of hydrogen-bond donors (Lipinski definition) is 1. The highest BCUT2D eigenvalue weighted by Gasteiger charge is 2.41. The van der Waals surface area contributed by atoms with E-state index in [1.807, 2.05) is 32.4 Å². The molecule has 1 N–H and O–H groups in total. The van der Waals surface area contributed by atoms with Gasteiger partial charge in [0, 0.05) is 36.5 Å². The molecule has 0 amide bonds. The molecule has 0 unspecified atom stereocenters. The van der Waals surface area contributed by atoms with Gasteiger partial charge in [-0.3, -0.25) is 4.98 Å². The lowest BCUT2D eigenvalue weighted by Gasteiger charge is -2.27. The van der Waals surface area contributed by atoms with Crippen molar-refractivity contribution < 1.29 is 0 Å². The van der Waals surface area contributed by atoms with E-state index in [4.69, 9.17) is 12.2 Å². The van der Waals surface area contributed by atoms with Gasteiger partial charge in [-0.05, 0) is 76.7 Å². The number of thiocarbonyl (C=S) groups is 1. The molecule has 0 saturated carbocycles. The quantitative estimate of drug-likeness (QED) is 0.546. The largest absolute Gasteiger partial charge is 0.378 e. The maximum absolute atomic E-state index is 5.74. The summed E-state index contributed by atoms with van der Waals surface area (Å²) in [7, 11) is 4.08. The number of anilines is 2. The van der Waals surface area contributed by atoms with E-state index >= 15 is 0 Å². The molecule has 138 valence electrons. The van der Waals surface area contributed by atoms with Crippen molar-refractivity contribution in [2.24, 2.45) is 0 Å². The van der Waals surface area contributed by atoms with Crippen LogP contribution in [0.15, 0.2) is 64.6 Å². The summed E-state index contributed by atoms with van der Waals surface area (Å²) in [6.45, 7) is 0. The number of halogens is 1. The van der Waals surface area contributed by atoms with Crippen LogP contribution < -0.4 is 15.1 Å². The molecule has 0 bridgehead atoms. The van der Waals surface area contributed by atoms with Gasteiger partial charge in [0.1, 0.15) is 0 Å². The minimum atomic E-state index is -0.00206. The van der Waals surface area contributed by atoms with Gasteiger partial charge in [0.05, 0.1) is 21.6 Å². The first kappa shape index (κ1) is 18.4. The Labute approximate surface area is 177 Å². The van der Waals surface area contributed by atoms with Crippen LogP contribution in [0.1, 0.15) is 22.7 Å². The van der Waals surface area contributed by atoms with Crippen molar-refractivity contribution in [2.75, 3.05) is 23.9 Å². The van der Waals surface area contributed by atoms with Crippen molar-refractivity contribution in [3.8, 4) is 0 Å². The van der Waals surface area contributed by atoms with Gasteiger partial charge < -0.3 is 15.1 Å². The van der Waals surface area contributed by atoms with Crippen LogP contribution >= 0.6 is 39.5 Å². The van der Waals surface area contributed by atoms with Gasteiger partial charge in [-0.25, -0.2) is 0 Å². The highest BCUT2D eigenvalue weighted by atomic mass is 79.9. The zero-order chi connectivity index (χ0) is 19.0. The van der Waals surface area contributed by atoms with Crippen molar-refractivity contribution in [3.63, 3.8) is 0 Å². The molecule has 0 spiro atoms. The minimum absolute atomic E-state index is 0.00206. The van der Waals surface area contributed by atoms with Gasteiger partial charge in [0.25, 0.3) is 0 Å². The summed E-state index contributed by atoms with van der Waals surface area (Å²) in [5.74, 6) is 0. The van der Waals surface area contributed by atoms with Crippen molar-refractivity contribution in [1.29, 1.82) is 0 Å². The highest BCUT2D eigenvalue weighted by Crippen LogP contribution is 2.44. The lowest BCUT2D eigenvalue weighted by molar-refractivity contribution is 0.575. The smallest absolute Gasteiger partial charge is 0.174 e. The molecule has 0 radical (unpaired) electrons. The summed E-state index contributed by atoms with van der Waals surface area (Å²) < 4.78 is 1.11. The first-order chi connectivity index (χ1) is 13.0. The van der Waals surface area contributed by atoms with Crippen LogP contribution in [0.4, 0.5) is 11.4 Å². The van der Waals surface area contributed by atoms with Gasteiger partial charge in [0.2, 0.25) is 0 Å². The number of nitrogens with zero attached hydrogens (tertiary/aromatic N) is 3. The number of hydrogen-bond acceptors (Lipinski definition) is 4. The second kappa shape index (κ2) is 7.58. The van der Waals surface area contributed by atoms with E-state index in [-0.39, 0.29) is 12.1 Å². The molecule has 1 aromatic carbocycles. The normalized spacial score (nSPS) is 19.2. The SMILES string of the molecule is CN(C)c1ccc(N2C(=S)N[C@H](c3ccccn3)[C@H]2c2ccc(Br)s2)cc1. The van der Waals surface area contributed by atoms with Crippen molar-refractivity contribution >= 4 is 56.0 Å². The van der Waals surface area contributed by atoms with E-state index in [1.54, 1.807) is 11.3 Å². The molecule has 7 heteroatoms. The summed E-state index contributed by atoms with van der Waals surface area (Å²) in [5, 5.41) is 4.21. The Morgan fingerprint density at radius 2 is 1.89 bits per heavy atom. The first-order valence-electron chi connectivity index (χ1n) is 8.58. The maximum Gasteiger partial charge on any atom is 0.174 e. The molecule has 4 nitrogen and oxygen atoms in total. The summed E-state index contributed by atoms with van der Waals surface area (Å²) in [5.41, 5.74) is 3.22. The predicted molar refractivity (Wildman–Crippen MR) is 121 cm³/mol. The van der Waals surface area contributed by atoms with E-state index in [2.05, 4.69) is 78.5 Å². The van der Waals surface area contributed by atoms with Crippen molar-refractivity contribution in [3.05, 3.63) is 75.2 Å². The lowest BCUT2D eigenvalue weighted by Crippen LogP contribution is -2.29. The van der Waals surface area contributed by atoms with Crippen LogP contribution in [-0.2, 0) is 0 Å². The van der Waals surface area contributed by atoms with E-state index < -0.39 is 0 Å². The van der Waals surface area contributed by atoms with Crippen LogP contribution in [-0.4, -0.2) is 24.2 Å². The fourth-order valence-electron chi connectivity index (χ4n) is 3.32. The molecule has 4 rings (SSSR count). The van der Waals surface area contributed by atoms with Gasteiger partial charge in [-0.2, -0.15) is 0 Å². The number of aromatic nitrogens is 1. The molecule has 2 aromatic heterocycles. The summed E-state index contributed by atoms with van der Waals surface area (Å²) in [6, 6.07) is 18.8. The fourth-order valence-corrected chi connectivity index (χ4v) is 5.22. The number of benzene rings is 1. The third-order valence-electron chi connectivity index (χ3n) is 4.63. The van der Waals surface area contributed by atoms with Crippen LogP contribution in [0.3, 0.4) is 0 Å². The Bertz CT molecular complexity index is 940. The Balaban J connectivity index is 1.78. The standard InChI is InChI=1S/C20H19BrN4S2/c1-24(2)13-6-8-14(9-7-13)25-19(16-10-11-17(21)27-16)18(23-20(25)26)15-5-3-4-12-22-15/h3-12,18-19H,1-2H3,(H,23,26)/t18-,19-/m1/s1. The average Bonchev–Trinajstić information content (AvgIpc) is 3.25. The summed E-state index contributed by atoms with van der Waals surface area (Å²) >= 11 is 11.1. The summed E-state index contributed by atoms with van der Waals surface area (Å²) in [6.07, 6.45) is 1.83. The van der Waals surface area contributed by atoms with Gasteiger partial charge in [-0.1, -0.05) is 6.07 Å². The number of rotatable bonds is 4. The van der Waals surface area contributed by atoms with Crippen LogP contribution in [0, 0.1) is 0 Å². The van der Waals surface area contributed by atoms with Gasteiger partial charge in [0.15, 0.2) is 5.11 Å². The molecular weight excluding hydrogens is 440 g/mol.